The van der Waals surface area contributed by atoms with Crippen molar-refractivity contribution in [3.63, 3.8) is 0 Å². The molecule has 2 aromatic carbocycles. The molecule has 5 aromatic rings. The third-order valence-electron chi connectivity index (χ3n) is 6.45. The van der Waals surface area contributed by atoms with Crippen LogP contribution in [0.3, 0.4) is 0 Å². The molecule has 0 atom stereocenters. The summed E-state index contributed by atoms with van der Waals surface area (Å²) in [5.74, 6) is -3.06. The van der Waals surface area contributed by atoms with Crippen LogP contribution in [0.25, 0.3) is 27.8 Å². The fourth-order valence-electron chi connectivity index (χ4n) is 4.40. The molecule has 1 aliphatic rings. The van der Waals surface area contributed by atoms with E-state index in [1.165, 1.54) is 5.56 Å². The van der Waals surface area contributed by atoms with Gasteiger partial charge in [-0.1, -0.05) is 24.3 Å². The van der Waals surface area contributed by atoms with Crippen LogP contribution in [-0.4, -0.2) is 47.7 Å². The number of aromatic carboxylic acids is 1. The van der Waals surface area contributed by atoms with Crippen LogP contribution >= 0.6 is 0 Å². The molecule has 3 heterocycles. The van der Waals surface area contributed by atoms with Crippen molar-refractivity contribution >= 4 is 28.6 Å². The van der Waals surface area contributed by atoms with E-state index in [1.54, 1.807) is 24.4 Å². The number of halogens is 3. The Labute approximate surface area is 213 Å². The SMILES string of the molecule is O=C(O)C(F)(F)F.O=C(O)c1cccc(-c2cnc3ncc(C4(c5ccc6ncccc6c5)CC4)n3c2)c1. The van der Waals surface area contributed by atoms with E-state index in [0.29, 0.717) is 5.78 Å². The number of fused-ring (bicyclic) bond motifs is 2. The Bertz CT molecular complexity index is 1690. The first kappa shape index (κ1) is 24.9. The van der Waals surface area contributed by atoms with Crippen LogP contribution < -0.4 is 0 Å². The quantitative estimate of drug-likeness (QED) is 0.328. The number of imidazole rings is 1. The number of aliphatic carboxylic acids is 1. The maximum atomic E-state index is 11.4. The van der Waals surface area contributed by atoms with E-state index in [-0.39, 0.29) is 11.0 Å². The molecule has 6 rings (SSSR count). The Morgan fingerprint density at radius 2 is 1.63 bits per heavy atom. The molecule has 0 aliphatic heterocycles. The van der Waals surface area contributed by atoms with Crippen LogP contribution in [0.2, 0.25) is 0 Å². The molecule has 0 saturated heterocycles. The summed E-state index contributed by atoms with van der Waals surface area (Å²) in [6.45, 7) is 0. The predicted octanol–water partition coefficient (Wildman–Crippen LogP) is 5.36. The molecule has 1 fully saturated rings. The number of pyridine rings is 1. The highest BCUT2D eigenvalue weighted by Gasteiger charge is 2.48. The molecule has 11 heteroatoms. The summed E-state index contributed by atoms with van der Waals surface area (Å²) in [6, 6.07) is 17.4. The second-order valence-corrected chi connectivity index (χ2v) is 8.84. The maximum absolute atomic E-state index is 11.4. The van der Waals surface area contributed by atoms with E-state index in [1.807, 2.05) is 35.1 Å². The van der Waals surface area contributed by atoms with Crippen LogP contribution in [0.15, 0.2) is 79.4 Å². The van der Waals surface area contributed by atoms with Gasteiger partial charge in [0.1, 0.15) is 0 Å². The Kier molecular flexibility index (Phi) is 6.06. The zero-order valence-corrected chi connectivity index (χ0v) is 19.6. The molecule has 2 N–H and O–H groups in total. The number of carboxylic acids is 2. The lowest BCUT2D eigenvalue weighted by Gasteiger charge is -2.16. The van der Waals surface area contributed by atoms with Gasteiger partial charge in [-0.05, 0) is 54.3 Å². The van der Waals surface area contributed by atoms with Crippen molar-refractivity contribution in [3.8, 4) is 11.1 Å². The fourth-order valence-corrected chi connectivity index (χ4v) is 4.40. The topological polar surface area (TPSA) is 118 Å². The summed E-state index contributed by atoms with van der Waals surface area (Å²) in [5.41, 5.74) is 5.19. The number of aromatic nitrogens is 4. The summed E-state index contributed by atoms with van der Waals surface area (Å²) in [5, 5.41) is 17.6. The van der Waals surface area contributed by atoms with Gasteiger partial charge in [-0.3, -0.25) is 9.38 Å². The van der Waals surface area contributed by atoms with E-state index >= 15 is 0 Å². The summed E-state index contributed by atoms with van der Waals surface area (Å²) in [4.78, 5) is 33.8. The molecule has 0 bridgehead atoms. The molecular weight excluding hydrogens is 501 g/mol. The maximum Gasteiger partial charge on any atom is 0.490 e. The van der Waals surface area contributed by atoms with Gasteiger partial charge in [-0.25, -0.2) is 19.6 Å². The van der Waals surface area contributed by atoms with Gasteiger partial charge in [-0.2, -0.15) is 13.2 Å². The van der Waals surface area contributed by atoms with Crippen molar-refractivity contribution in [1.29, 1.82) is 0 Å². The minimum absolute atomic E-state index is 0.0906. The first-order chi connectivity index (χ1) is 18.1. The number of carbonyl (C=O) groups is 2. The number of benzene rings is 2. The number of carboxylic acid groups (broad SMARTS) is 2. The number of hydrogen-bond acceptors (Lipinski definition) is 5. The first-order valence-corrected chi connectivity index (χ1v) is 11.4. The highest BCUT2D eigenvalue weighted by atomic mass is 19.4. The zero-order chi connectivity index (χ0) is 27.1. The van der Waals surface area contributed by atoms with Crippen LogP contribution in [0.5, 0.6) is 0 Å². The van der Waals surface area contributed by atoms with Gasteiger partial charge in [0.05, 0.1) is 23.0 Å². The van der Waals surface area contributed by atoms with Crippen molar-refractivity contribution < 1.29 is 33.0 Å². The van der Waals surface area contributed by atoms with Crippen molar-refractivity contribution in [1.82, 2.24) is 19.4 Å². The molecular formula is C27H19F3N4O4. The molecule has 0 radical (unpaired) electrons. The molecule has 38 heavy (non-hydrogen) atoms. The fraction of sp³-hybridized carbons (Fsp3) is 0.148. The van der Waals surface area contributed by atoms with Crippen LogP contribution in [0.1, 0.15) is 34.5 Å². The van der Waals surface area contributed by atoms with E-state index in [2.05, 4.69) is 39.2 Å². The van der Waals surface area contributed by atoms with E-state index in [4.69, 9.17) is 9.90 Å². The second kappa shape index (κ2) is 9.25. The van der Waals surface area contributed by atoms with Crippen molar-refractivity contribution in [3.05, 3.63) is 96.2 Å². The highest BCUT2D eigenvalue weighted by molar-refractivity contribution is 5.89. The van der Waals surface area contributed by atoms with Gasteiger partial charge < -0.3 is 10.2 Å². The molecule has 3 aromatic heterocycles. The number of alkyl halides is 3. The second-order valence-electron chi connectivity index (χ2n) is 8.84. The standard InChI is InChI=1S/C25H18N4O2.C2HF3O2/c30-23(31)18-4-1-3-16(11-18)19-13-27-24-28-14-22(29(24)15-19)25(8-9-25)20-6-7-21-17(12-20)5-2-10-26-21;3-2(4,5)1(6)7/h1-7,10-15H,8-9H2,(H,30,31);(H,6,7). The largest absolute Gasteiger partial charge is 0.490 e. The summed E-state index contributed by atoms with van der Waals surface area (Å²) in [6.07, 6.45) is 4.49. The van der Waals surface area contributed by atoms with Gasteiger partial charge >= 0.3 is 18.1 Å². The Balaban J connectivity index is 0.000000374. The molecule has 0 amide bonds. The van der Waals surface area contributed by atoms with E-state index in [0.717, 1.165) is 40.6 Å². The van der Waals surface area contributed by atoms with Gasteiger partial charge in [0.25, 0.3) is 0 Å². The average Bonchev–Trinajstić information content (AvgIpc) is 3.60. The third-order valence-corrected chi connectivity index (χ3v) is 6.45. The molecule has 0 spiro atoms. The Morgan fingerprint density at radius 3 is 2.32 bits per heavy atom. The molecule has 1 saturated carbocycles. The number of rotatable bonds is 4. The van der Waals surface area contributed by atoms with E-state index < -0.39 is 18.1 Å². The lowest BCUT2D eigenvalue weighted by Crippen LogP contribution is -2.21. The highest BCUT2D eigenvalue weighted by Crippen LogP contribution is 2.53. The lowest BCUT2D eigenvalue weighted by atomic mass is 9.91. The van der Waals surface area contributed by atoms with Crippen molar-refractivity contribution in [2.45, 2.75) is 24.4 Å². The minimum Gasteiger partial charge on any atom is -0.478 e. The van der Waals surface area contributed by atoms with Crippen molar-refractivity contribution in [2.24, 2.45) is 0 Å². The zero-order valence-electron chi connectivity index (χ0n) is 19.6. The summed E-state index contributed by atoms with van der Waals surface area (Å²) < 4.78 is 33.8. The molecule has 1 aliphatic carbocycles. The van der Waals surface area contributed by atoms with Gasteiger partial charge in [0.15, 0.2) is 0 Å². The van der Waals surface area contributed by atoms with Crippen LogP contribution in [0.4, 0.5) is 13.2 Å². The summed E-state index contributed by atoms with van der Waals surface area (Å²) >= 11 is 0. The number of nitrogens with zero attached hydrogens (tertiary/aromatic N) is 4. The Hall–Kier alpha value is -4.80. The Morgan fingerprint density at radius 1 is 0.895 bits per heavy atom. The van der Waals surface area contributed by atoms with Crippen LogP contribution in [0, 0.1) is 0 Å². The minimum atomic E-state index is -5.08. The third kappa shape index (κ3) is 4.65. The monoisotopic (exact) mass is 520 g/mol. The summed E-state index contributed by atoms with van der Waals surface area (Å²) in [7, 11) is 0. The van der Waals surface area contributed by atoms with Gasteiger partial charge in [0, 0.05) is 35.0 Å². The molecule has 8 nitrogen and oxygen atoms in total. The van der Waals surface area contributed by atoms with Gasteiger partial charge in [-0.15, -0.1) is 0 Å². The van der Waals surface area contributed by atoms with Gasteiger partial charge in [0.2, 0.25) is 5.78 Å². The predicted molar refractivity (Wildman–Crippen MR) is 131 cm³/mol. The van der Waals surface area contributed by atoms with Crippen molar-refractivity contribution in [2.75, 3.05) is 0 Å². The number of hydrogen-bond donors (Lipinski definition) is 2. The van der Waals surface area contributed by atoms with E-state index in [9.17, 15) is 23.1 Å². The normalized spacial score (nSPS) is 14.1. The lowest BCUT2D eigenvalue weighted by molar-refractivity contribution is -0.192. The smallest absolute Gasteiger partial charge is 0.478 e. The average molecular weight is 520 g/mol. The first-order valence-electron chi connectivity index (χ1n) is 11.4. The molecule has 0 unspecified atom stereocenters. The van der Waals surface area contributed by atoms with Crippen LogP contribution in [-0.2, 0) is 10.2 Å². The molecule has 192 valence electrons.